The molecule has 38 heavy (non-hydrogen) atoms. The van der Waals surface area contributed by atoms with Crippen molar-refractivity contribution in [3.8, 4) is 5.88 Å². The van der Waals surface area contributed by atoms with Gasteiger partial charge < -0.3 is 15.3 Å². The van der Waals surface area contributed by atoms with Crippen LogP contribution in [0.2, 0.25) is 0 Å². The Morgan fingerprint density at radius 3 is 2.50 bits per heavy atom. The summed E-state index contributed by atoms with van der Waals surface area (Å²) in [5, 5.41) is 17.8. The first-order valence-corrected chi connectivity index (χ1v) is 13.2. The third-order valence-corrected chi connectivity index (χ3v) is 7.38. The zero-order valence-corrected chi connectivity index (χ0v) is 21.7. The zero-order valence-electron chi connectivity index (χ0n) is 21.7. The number of carbonyl (C=O) groups excluding carboxylic acids is 2. The lowest BCUT2D eigenvalue weighted by Crippen LogP contribution is -2.51. The van der Waals surface area contributed by atoms with Gasteiger partial charge in [-0.3, -0.25) is 23.9 Å². The van der Waals surface area contributed by atoms with E-state index in [4.69, 9.17) is 0 Å². The van der Waals surface area contributed by atoms with Crippen LogP contribution in [-0.4, -0.2) is 85.6 Å². The molecule has 0 unspecified atom stereocenters. The number of aromatic nitrogens is 3. The SMILES string of the molecule is CC(C)Cn1c(=O)c(C(=O)NC2CC2)c(O)n2ncc(C=CC(=O)N3CCN(CC4CC(F)(F)C4)CC3)c12. The highest BCUT2D eigenvalue weighted by Gasteiger charge is 2.45. The van der Waals surface area contributed by atoms with Crippen LogP contribution in [-0.2, 0) is 11.3 Å². The molecular weight excluding hydrogens is 498 g/mol. The topological polar surface area (TPSA) is 112 Å². The van der Waals surface area contributed by atoms with Gasteiger partial charge in [-0.2, -0.15) is 9.61 Å². The molecule has 3 aliphatic rings. The number of alkyl halides is 2. The Morgan fingerprint density at radius 2 is 1.89 bits per heavy atom. The predicted octanol–water partition coefficient (Wildman–Crippen LogP) is 1.95. The molecule has 0 radical (unpaired) electrons. The second kappa shape index (κ2) is 10.1. The number of hydrogen-bond acceptors (Lipinski definition) is 6. The first-order chi connectivity index (χ1) is 18.0. The average Bonchev–Trinajstić information content (AvgIpc) is 3.54. The number of halogens is 2. The van der Waals surface area contributed by atoms with Crippen molar-refractivity contribution in [2.24, 2.45) is 11.8 Å². The highest BCUT2D eigenvalue weighted by molar-refractivity contribution is 5.97. The van der Waals surface area contributed by atoms with Gasteiger partial charge >= 0.3 is 0 Å². The van der Waals surface area contributed by atoms with Crippen molar-refractivity contribution in [2.75, 3.05) is 32.7 Å². The van der Waals surface area contributed by atoms with Gasteiger partial charge in [-0.05, 0) is 30.8 Å². The number of nitrogens with one attached hydrogen (secondary N) is 1. The Kier molecular flexibility index (Phi) is 7.01. The number of hydrogen-bond donors (Lipinski definition) is 2. The molecule has 0 atom stereocenters. The van der Waals surface area contributed by atoms with Crippen molar-refractivity contribution in [1.82, 2.24) is 29.3 Å². The molecule has 1 saturated heterocycles. The van der Waals surface area contributed by atoms with Gasteiger partial charge in [-0.1, -0.05) is 13.8 Å². The predicted molar refractivity (Wildman–Crippen MR) is 136 cm³/mol. The number of aromatic hydroxyl groups is 1. The van der Waals surface area contributed by atoms with Gasteiger partial charge in [0.2, 0.25) is 17.7 Å². The summed E-state index contributed by atoms with van der Waals surface area (Å²) >= 11 is 0. The molecule has 2 amide bonds. The Hall–Kier alpha value is -3.28. The number of carbonyl (C=O) groups is 2. The molecule has 0 aromatic carbocycles. The number of rotatable bonds is 8. The van der Waals surface area contributed by atoms with Crippen molar-refractivity contribution in [1.29, 1.82) is 0 Å². The van der Waals surface area contributed by atoms with E-state index in [1.165, 1.54) is 21.4 Å². The zero-order chi connectivity index (χ0) is 27.2. The first-order valence-electron chi connectivity index (χ1n) is 13.2. The Labute approximate surface area is 218 Å². The summed E-state index contributed by atoms with van der Waals surface area (Å²) < 4.78 is 28.8. The minimum absolute atomic E-state index is 0.0162. The lowest BCUT2D eigenvalue weighted by atomic mass is 9.81. The fraction of sp³-hybridized carbons (Fsp3) is 0.615. The highest BCUT2D eigenvalue weighted by atomic mass is 19.3. The lowest BCUT2D eigenvalue weighted by Gasteiger charge is -2.41. The summed E-state index contributed by atoms with van der Waals surface area (Å²) in [6, 6.07) is 0.0162. The number of fused-ring (bicyclic) bond motifs is 1. The van der Waals surface area contributed by atoms with Gasteiger partial charge in [0.15, 0.2) is 5.56 Å². The van der Waals surface area contributed by atoms with Crippen molar-refractivity contribution in [3.05, 3.63) is 33.8 Å². The summed E-state index contributed by atoms with van der Waals surface area (Å²) in [6.45, 7) is 7.06. The van der Waals surface area contributed by atoms with Gasteiger partial charge in [0, 0.05) is 69.8 Å². The maximum Gasteiger partial charge on any atom is 0.270 e. The minimum atomic E-state index is -2.52. The summed E-state index contributed by atoms with van der Waals surface area (Å²) in [7, 11) is 0. The van der Waals surface area contributed by atoms with Crippen LogP contribution in [0.5, 0.6) is 5.88 Å². The van der Waals surface area contributed by atoms with E-state index in [0.29, 0.717) is 50.5 Å². The Bertz CT molecular complexity index is 1310. The fourth-order valence-corrected chi connectivity index (χ4v) is 5.24. The maximum atomic E-state index is 13.3. The smallest absolute Gasteiger partial charge is 0.270 e. The van der Waals surface area contributed by atoms with Crippen LogP contribution in [0.25, 0.3) is 11.7 Å². The molecule has 2 N–H and O–H groups in total. The summed E-state index contributed by atoms with van der Waals surface area (Å²) in [6.07, 6.45) is 5.99. The molecule has 1 aliphatic heterocycles. The van der Waals surface area contributed by atoms with Crippen molar-refractivity contribution >= 4 is 23.5 Å². The molecule has 3 heterocycles. The van der Waals surface area contributed by atoms with E-state index >= 15 is 0 Å². The van der Waals surface area contributed by atoms with Crippen LogP contribution in [0.15, 0.2) is 17.1 Å². The number of amides is 2. The van der Waals surface area contributed by atoms with Crippen molar-refractivity contribution in [3.63, 3.8) is 0 Å². The van der Waals surface area contributed by atoms with Gasteiger partial charge in [-0.25, -0.2) is 8.78 Å². The van der Waals surface area contributed by atoms with Crippen LogP contribution < -0.4 is 10.9 Å². The monoisotopic (exact) mass is 532 g/mol. The molecule has 2 aromatic rings. The quantitative estimate of drug-likeness (QED) is 0.503. The van der Waals surface area contributed by atoms with E-state index in [-0.39, 0.29) is 42.2 Å². The molecule has 206 valence electrons. The van der Waals surface area contributed by atoms with Crippen LogP contribution in [0.4, 0.5) is 8.78 Å². The highest BCUT2D eigenvalue weighted by Crippen LogP contribution is 2.42. The first kappa shape index (κ1) is 26.3. The third kappa shape index (κ3) is 5.45. The van der Waals surface area contributed by atoms with Gasteiger partial charge in [-0.15, -0.1) is 0 Å². The third-order valence-electron chi connectivity index (χ3n) is 7.38. The molecule has 0 spiro atoms. The molecular formula is C26H34F2N6O4. The van der Waals surface area contributed by atoms with E-state index in [1.807, 2.05) is 13.8 Å². The van der Waals surface area contributed by atoms with Crippen molar-refractivity contribution < 1.29 is 23.5 Å². The molecule has 10 nitrogen and oxygen atoms in total. The maximum absolute atomic E-state index is 13.3. The van der Waals surface area contributed by atoms with Crippen LogP contribution in [0.3, 0.4) is 0 Å². The lowest BCUT2D eigenvalue weighted by molar-refractivity contribution is -0.129. The van der Waals surface area contributed by atoms with Crippen LogP contribution >= 0.6 is 0 Å². The molecule has 2 aromatic heterocycles. The second-order valence-electron chi connectivity index (χ2n) is 11.2. The summed E-state index contributed by atoms with van der Waals surface area (Å²) in [5.74, 6) is -3.80. The molecule has 12 heteroatoms. The molecule has 2 saturated carbocycles. The minimum Gasteiger partial charge on any atom is -0.492 e. The van der Waals surface area contributed by atoms with E-state index in [9.17, 15) is 28.3 Å². The summed E-state index contributed by atoms with van der Waals surface area (Å²) in [5.41, 5.74) is -0.188. The van der Waals surface area contributed by atoms with E-state index in [2.05, 4.69) is 15.3 Å². The van der Waals surface area contributed by atoms with Crippen LogP contribution in [0, 0.1) is 11.8 Å². The average molecular weight is 533 g/mol. The Morgan fingerprint density at radius 1 is 1.21 bits per heavy atom. The molecule has 3 fully saturated rings. The summed E-state index contributed by atoms with van der Waals surface area (Å²) in [4.78, 5) is 42.8. The second-order valence-corrected chi connectivity index (χ2v) is 11.2. The Balaban J connectivity index is 1.32. The normalized spacial score (nSPS) is 20.4. The largest absolute Gasteiger partial charge is 0.492 e. The number of piperazine rings is 1. The van der Waals surface area contributed by atoms with Gasteiger partial charge in [0.1, 0.15) is 5.65 Å². The molecule has 0 bridgehead atoms. The van der Waals surface area contributed by atoms with E-state index in [0.717, 1.165) is 12.8 Å². The van der Waals surface area contributed by atoms with Gasteiger partial charge in [0.25, 0.3) is 11.5 Å². The van der Waals surface area contributed by atoms with Crippen LogP contribution in [0.1, 0.15) is 55.5 Å². The van der Waals surface area contributed by atoms with Gasteiger partial charge in [0.05, 0.1) is 6.20 Å². The van der Waals surface area contributed by atoms with E-state index < -0.39 is 23.3 Å². The number of nitrogens with zero attached hydrogens (tertiary/aromatic N) is 5. The van der Waals surface area contributed by atoms with Crippen molar-refractivity contribution in [2.45, 2.75) is 58.0 Å². The molecule has 2 aliphatic carbocycles. The standard InChI is InChI=1S/C26H34F2N6O4/c1-16(2)14-33-23-18(13-29-34(23)25(38)21(24(33)37)22(36)30-19-4-5-19)3-6-20(35)32-9-7-31(8-10-32)15-17-11-26(27,28)12-17/h3,6,13,16-17,19,38H,4-5,7-12,14-15H2,1-2H3,(H,30,36). The molecule has 5 rings (SSSR count). The van der Waals surface area contributed by atoms with E-state index in [1.54, 1.807) is 11.0 Å². The fourth-order valence-electron chi connectivity index (χ4n) is 5.24.